The minimum atomic E-state index is -0.775. The van der Waals surface area contributed by atoms with Gasteiger partial charge >= 0.3 is 12.2 Å². The molecular weight excluding hydrogens is 486 g/mol. The van der Waals surface area contributed by atoms with Crippen LogP contribution in [0.2, 0.25) is 0 Å². The summed E-state index contributed by atoms with van der Waals surface area (Å²) < 4.78 is 22.0. The largest absolute Gasteiger partial charge is 0.509 e. The van der Waals surface area contributed by atoms with Gasteiger partial charge in [-0.25, -0.2) is 9.59 Å². The molecule has 0 bridgehead atoms. The van der Waals surface area contributed by atoms with E-state index in [0.717, 1.165) is 37.4 Å². The molecule has 1 aliphatic rings. The summed E-state index contributed by atoms with van der Waals surface area (Å²) in [5, 5.41) is 6.24. The van der Waals surface area contributed by atoms with Crippen LogP contribution in [0.1, 0.15) is 72.3 Å². The van der Waals surface area contributed by atoms with Crippen LogP contribution in [0.25, 0.3) is 0 Å². The average Bonchev–Trinajstić information content (AvgIpc) is 3.22. The number of carbonyl (C=O) groups is 2. The lowest BCUT2D eigenvalue weighted by atomic mass is 10.0. The van der Waals surface area contributed by atoms with Crippen LogP contribution in [0.15, 0.2) is 24.3 Å². The van der Waals surface area contributed by atoms with Gasteiger partial charge < -0.3 is 34.5 Å². The van der Waals surface area contributed by atoms with Gasteiger partial charge in [-0.3, -0.25) is 0 Å². The highest BCUT2D eigenvalue weighted by molar-refractivity contribution is 5.67. The molecule has 1 aromatic rings. The van der Waals surface area contributed by atoms with E-state index >= 15 is 0 Å². The van der Waals surface area contributed by atoms with Crippen molar-refractivity contribution in [3.05, 3.63) is 29.8 Å². The van der Waals surface area contributed by atoms with Crippen LogP contribution < -0.4 is 15.4 Å². The Labute approximate surface area is 228 Å². The Morgan fingerprint density at radius 2 is 1.63 bits per heavy atom. The molecule has 1 fully saturated rings. The molecular formula is C29H49N3O6. The Bertz CT molecular complexity index is 819. The van der Waals surface area contributed by atoms with Crippen molar-refractivity contribution in [1.29, 1.82) is 0 Å². The molecule has 2 rings (SSSR count). The predicted octanol–water partition coefficient (Wildman–Crippen LogP) is 4.92. The molecule has 38 heavy (non-hydrogen) atoms. The summed E-state index contributed by atoms with van der Waals surface area (Å²) in [5.74, 6) is 0.773. The van der Waals surface area contributed by atoms with E-state index in [1.165, 1.54) is 25.7 Å². The molecule has 0 saturated carbocycles. The average molecular weight is 536 g/mol. The molecule has 0 aromatic heterocycles. The molecule has 1 saturated heterocycles. The van der Waals surface area contributed by atoms with E-state index in [4.69, 9.17) is 18.9 Å². The highest BCUT2D eigenvalue weighted by Crippen LogP contribution is 2.22. The molecule has 1 amide bonds. The van der Waals surface area contributed by atoms with E-state index in [2.05, 4.69) is 29.4 Å². The van der Waals surface area contributed by atoms with Crippen molar-refractivity contribution in [3.63, 3.8) is 0 Å². The second kappa shape index (κ2) is 16.4. The van der Waals surface area contributed by atoms with Crippen molar-refractivity contribution in [1.82, 2.24) is 15.5 Å². The second-order valence-corrected chi connectivity index (χ2v) is 10.9. The molecule has 0 unspecified atom stereocenters. The summed E-state index contributed by atoms with van der Waals surface area (Å²) in [5.41, 5.74) is 0.371. The van der Waals surface area contributed by atoms with Crippen LogP contribution in [0.4, 0.5) is 9.59 Å². The van der Waals surface area contributed by atoms with Gasteiger partial charge in [0.15, 0.2) is 12.2 Å². The normalized spacial score (nSPS) is 19.3. The summed E-state index contributed by atoms with van der Waals surface area (Å²) in [4.78, 5) is 27.6. The number of rotatable bonds is 15. The number of hydrogen-bond acceptors (Lipinski definition) is 8. The van der Waals surface area contributed by atoms with Crippen molar-refractivity contribution in [3.8, 4) is 5.75 Å². The second-order valence-electron chi connectivity index (χ2n) is 10.9. The lowest BCUT2D eigenvalue weighted by Crippen LogP contribution is -2.43. The van der Waals surface area contributed by atoms with Crippen LogP contribution >= 0.6 is 0 Å². The van der Waals surface area contributed by atoms with Gasteiger partial charge in [-0.2, -0.15) is 0 Å². The summed E-state index contributed by atoms with van der Waals surface area (Å²) in [6, 6.07) is 7.52. The number of ether oxygens (including phenoxy) is 4. The molecule has 2 N–H and O–H groups in total. The zero-order valence-corrected chi connectivity index (χ0v) is 24.2. The first-order chi connectivity index (χ1) is 18.1. The summed E-state index contributed by atoms with van der Waals surface area (Å²) in [6.45, 7) is 13.7. The van der Waals surface area contributed by atoms with Crippen LogP contribution in [-0.2, 0) is 20.6 Å². The quantitative estimate of drug-likeness (QED) is 0.241. The molecule has 1 aliphatic heterocycles. The smallest absolute Gasteiger partial charge is 0.497 e. The lowest BCUT2D eigenvalue weighted by molar-refractivity contribution is -0.0517. The fourth-order valence-corrected chi connectivity index (χ4v) is 4.38. The van der Waals surface area contributed by atoms with E-state index in [-0.39, 0.29) is 6.04 Å². The van der Waals surface area contributed by atoms with E-state index in [1.54, 1.807) is 27.9 Å². The highest BCUT2D eigenvalue weighted by Gasteiger charge is 2.42. The molecule has 0 spiro atoms. The highest BCUT2D eigenvalue weighted by atomic mass is 16.7. The fraction of sp³-hybridized carbons (Fsp3) is 0.724. The summed E-state index contributed by atoms with van der Waals surface area (Å²) in [6.07, 6.45) is 3.56. The molecule has 0 aliphatic carbocycles. The number of nitrogens with zero attached hydrogens (tertiary/aromatic N) is 1. The number of amides is 1. The maximum absolute atomic E-state index is 12.8. The first-order valence-electron chi connectivity index (χ1n) is 14.1. The maximum Gasteiger partial charge on any atom is 0.509 e. The van der Waals surface area contributed by atoms with Crippen LogP contribution in [0.3, 0.4) is 0 Å². The first kappa shape index (κ1) is 31.7. The molecule has 1 heterocycles. The number of alkyl carbamates (subject to hydrolysis) is 1. The SMILES string of the molecule is CCCCN(CCCC)CCCNC(=O)O[C@@H]1[C@@H](OC(=O)OC(C)(C)C)CN[C@@H]1Cc1ccc(OC)cc1. The Balaban J connectivity index is 1.95. The van der Waals surface area contributed by atoms with Gasteiger partial charge in [-0.1, -0.05) is 38.8 Å². The molecule has 9 nitrogen and oxygen atoms in total. The van der Waals surface area contributed by atoms with Crippen LogP contribution in [0, 0.1) is 0 Å². The van der Waals surface area contributed by atoms with Crippen molar-refractivity contribution in [2.24, 2.45) is 0 Å². The number of unbranched alkanes of at least 4 members (excludes halogenated alkanes) is 2. The standard InChI is InChI=1S/C29H49N3O6/c1-7-9-17-32(18-10-8-2)19-11-16-30-27(33)37-26-24(20-22-12-14-23(35-6)15-13-22)31-21-25(26)36-28(34)38-29(3,4)5/h12-15,24-26,31H,7-11,16-21H2,1-6H3,(H,30,33)/t24-,25+,26+/m1/s1. The van der Waals surface area contributed by atoms with Crippen molar-refractivity contribution < 1.29 is 28.5 Å². The van der Waals surface area contributed by atoms with Gasteiger partial charge in [0.05, 0.1) is 13.2 Å². The maximum atomic E-state index is 12.8. The van der Waals surface area contributed by atoms with Gasteiger partial charge in [-0.15, -0.1) is 0 Å². The van der Waals surface area contributed by atoms with E-state index in [9.17, 15) is 9.59 Å². The van der Waals surface area contributed by atoms with Gasteiger partial charge in [0.2, 0.25) is 0 Å². The van der Waals surface area contributed by atoms with Crippen molar-refractivity contribution in [2.75, 3.05) is 39.8 Å². The van der Waals surface area contributed by atoms with Gasteiger partial charge in [-0.05, 0) is 83.8 Å². The molecule has 1 aromatic carbocycles. The Morgan fingerprint density at radius 1 is 1.00 bits per heavy atom. The topological polar surface area (TPSA) is 98.4 Å². The Morgan fingerprint density at radius 3 is 2.21 bits per heavy atom. The van der Waals surface area contributed by atoms with E-state index in [1.807, 2.05) is 24.3 Å². The summed E-state index contributed by atoms with van der Waals surface area (Å²) >= 11 is 0. The van der Waals surface area contributed by atoms with Crippen LogP contribution in [0.5, 0.6) is 5.75 Å². The number of benzene rings is 1. The van der Waals surface area contributed by atoms with E-state index in [0.29, 0.717) is 19.5 Å². The fourth-order valence-electron chi connectivity index (χ4n) is 4.38. The van der Waals surface area contributed by atoms with Gasteiger partial charge in [0, 0.05) is 13.1 Å². The number of nitrogens with one attached hydrogen (secondary N) is 2. The minimum Gasteiger partial charge on any atom is -0.497 e. The predicted molar refractivity (Wildman–Crippen MR) is 149 cm³/mol. The van der Waals surface area contributed by atoms with Crippen molar-refractivity contribution >= 4 is 12.2 Å². The zero-order valence-electron chi connectivity index (χ0n) is 24.2. The first-order valence-corrected chi connectivity index (χ1v) is 14.1. The third kappa shape index (κ3) is 11.9. The van der Waals surface area contributed by atoms with E-state index < -0.39 is 30.1 Å². The third-order valence-corrected chi connectivity index (χ3v) is 6.42. The Hall–Kier alpha value is -2.52. The molecule has 216 valence electrons. The third-order valence-electron chi connectivity index (χ3n) is 6.42. The molecule has 0 radical (unpaired) electrons. The van der Waals surface area contributed by atoms with Gasteiger partial charge in [0.25, 0.3) is 0 Å². The number of carbonyl (C=O) groups excluding carboxylic acids is 2. The number of hydrogen-bond donors (Lipinski definition) is 2. The zero-order chi connectivity index (χ0) is 28.0. The molecule has 9 heteroatoms. The van der Waals surface area contributed by atoms with Crippen molar-refractivity contribution in [2.45, 2.75) is 97.0 Å². The Kier molecular flexibility index (Phi) is 13.7. The lowest BCUT2D eigenvalue weighted by Gasteiger charge is -2.26. The minimum absolute atomic E-state index is 0.222. The molecule has 3 atom stereocenters. The summed E-state index contributed by atoms with van der Waals surface area (Å²) in [7, 11) is 1.63. The van der Waals surface area contributed by atoms with Gasteiger partial charge in [0.1, 0.15) is 11.4 Å². The number of methoxy groups -OCH3 is 1. The van der Waals surface area contributed by atoms with Crippen LogP contribution in [-0.4, -0.2) is 80.8 Å². The monoisotopic (exact) mass is 535 g/mol.